The van der Waals surface area contributed by atoms with E-state index in [-0.39, 0.29) is 16.8 Å². The number of nitrogens with zero attached hydrogens (tertiary/aromatic N) is 1. The number of thioether (sulfide) groups is 1. The van der Waals surface area contributed by atoms with Crippen LogP contribution in [-0.4, -0.2) is 42.5 Å². The number of para-hydroxylation sites is 1. The Morgan fingerprint density at radius 3 is 1.64 bits per heavy atom. The standard InChI is InChI=1S/C32H29NO5S/c1-37-25-17-13-21(14-18-25)28(34)27(29(35)22-15-19-26(38-2)20-16-22)32-33(24-11-7-4-8-12-24)31(36)30(39-32)23-9-5-3-6-10-23/h3-20,27,30-32,36H,1-2H3. The van der Waals surface area contributed by atoms with Gasteiger partial charge >= 0.3 is 0 Å². The van der Waals surface area contributed by atoms with Gasteiger partial charge in [-0.05, 0) is 66.2 Å². The van der Waals surface area contributed by atoms with Crippen molar-refractivity contribution >= 4 is 29.0 Å². The van der Waals surface area contributed by atoms with Gasteiger partial charge in [-0.1, -0.05) is 48.5 Å². The molecule has 0 saturated carbocycles. The minimum atomic E-state index is -1.10. The van der Waals surface area contributed by atoms with Crippen molar-refractivity contribution in [2.75, 3.05) is 19.1 Å². The minimum Gasteiger partial charge on any atom is -0.497 e. The van der Waals surface area contributed by atoms with Crippen molar-refractivity contribution in [3.05, 3.63) is 126 Å². The SMILES string of the molecule is COc1ccc(C(=O)C(C(=O)c2ccc(OC)cc2)C2SC(c3ccccc3)C(O)N2c2ccccc2)cc1. The van der Waals surface area contributed by atoms with Gasteiger partial charge < -0.3 is 19.5 Å². The Bertz CT molecular complexity index is 1350. The van der Waals surface area contributed by atoms with Crippen molar-refractivity contribution in [3.63, 3.8) is 0 Å². The Labute approximate surface area is 232 Å². The third kappa shape index (κ3) is 5.41. The predicted molar refractivity (Wildman–Crippen MR) is 154 cm³/mol. The van der Waals surface area contributed by atoms with Crippen LogP contribution in [-0.2, 0) is 0 Å². The summed E-state index contributed by atoms with van der Waals surface area (Å²) in [5, 5.41) is 10.6. The van der Waals surface area contributed by atoms with Gasteiger partial charge in [0.2, 0.25) is 0 Å². The lowest BCUT2D eigenvalue weighted by Crippen LogP contribution is -2.46. The first-order chi connectivity index (χ1) is 19.0. The molecule has 4 aromatic carbocycles. The molecule has 0 aromatic heterocycles. The van der Waals surface area contributed by atoms with Crippen molar-refractivity contribution in [2.45, 2.75) is 16.9 Å². The van der Waals surface area contributed by atoms with Gasteiger partial charge in [-0.2, -0.15) is 0 Å². The molecule has 7 heteroatoms. The highest BCUT2D eigenvalue weighted by Gasteiger charge is 2.50. The third-order valence-corrected chi connectivity index (χ3v) is 8.48. The number of methoxy groups -OCH3 is 2. The monoisotopic (exact) mass is 539 g/mol. The average molecular weight is 540 g/mol. The number of Topliss-reactive ketones (excluding diaryl/α,β-unsaturated/α-hetero) is 2. The molecule has 5 rings (SSSR count). The molecule has 39 heavy (non-hydrogen) atoms. The number of carbonyl (C=O) groups excluding carboxylic acids is 2. The quantitative estimate of drug-likeness (QED) is 0.206. The Balaban J connectivity index is 1.62. The van der Waals surface area contributed by atoms with Gasteiger partial charge in [-0.15, -0.1) is 11.8 Å². The summed E-state index contributed by atoms with van der Waals surface area (Å²) in [6.07, 6.45) is -0.959. The van der Waals surface area contributed by atoms with E-state index in [4.69, 9.17) is 9.47 Å². The van der Waals surface area contributed by atoms with Crippen LogP contribution < -0.4 is 14.4 Å². The van der Waals surface area contributed by atoms with E-state index in [1.807, 2.05) is 60.7 Å². The van der Waals surface area contributed by atoms with Gasteiger partial charge in [0.15, 0.2) is 11.6 Å². The predicted octanol–water partition coefficient (Wildman–Crippen LogP) is 6.02. The Kier molecular flexibility index (Phi) is 8.00. The highest BCUT2D eigenvalue weighted by Crippen LogP contribution is 2.50. The van der Waals surface area contributed by atoms with Crippen molar-refractivity contribution in [1.29, 1.82) is 0 Å². The maximum Gasteiger partial charge on any atom is 0.176 e. The van der Waals surface area contributed by atoms with E-state index in [1.54, 1.807) is 67.7 Å². The zero-order valence-corrected chi connectivity index (χ0v) is 22.5. The lowest BCUT2D eigenvalue weighted by atomic mass is 9.88. The largest absolute Gasteiger partial charge is 0.497 e. The summed E-state index contributed by atoms with van der Waals surface area (Å²) in [7, 11) is 3.12. The molecule has 0 radical (unpaired) electrons. The number of hydrogen-bond donors (Lipinski definition) is 1. The fourth-order valence-corrected chi connectivity index (χ4v) is 6.53. The van der Waals surface area contributed by atoms with E-state index < -0.39 is 17.5 Å². The van der Waals surface area contributed by atoms with Crippen LogP contribution in [0.4, 0.5) is 5.69 Å². The normalized spacial score (nSPS) is 18.7. The molecule has 0 amide bonds. The summed E-state index contributed by atoms with van der Waals surface area (Å²) < 4.78 is 10.5. The third-order valence-electron chi connectivity index (χ3n) is 6.90. The summed E-state index contributed by atoms with van der Waals surface area (Å²) in [6.45, 7) is 0. The first-order valence-electron chi connectivity index (χ1n) is 12.6. The van der Waals surface area contributed by atoms with Crippen molar-refractivity contribution in [3.8, 4) is 11.5 Å². The topological polar surface area (TPSA) is 76.1 Å². The molecule has 3 unspecified atom stereocenters. The number of hydrogen-bond acceptors (Lipinski definition) is 7. The molecule has 198 valence electrons. The smallest absolute Gasteiger partial charge is 0.176 e. The van der Waals surface area contributed by atoms with Crippen LogP contribution in [0, 0.1) is 5.92 Å². The van der Waals surface area contributed by atoms with Crippen LogP contribution >= 0.6 is 11.8 Å². The summed E-state index contributed by atoms with van der Waals surface area (Å²) >= 11 is 1.43. The van der Waals surface area contributed by atoms with Gasteiger partial charge in [0.25, 0.3) is 0 Å². The van der Waals surface area contributed by atoms with Crippen LogP contribution in [0.25, 0.3) is 0 Å². The average Bonchev–Trinajstić information content (AvgIpc) is 3.34. The van der Waals surface area contributed by atoms with E-state index >= 15 is 0 Å². The number of aliphatic hydroxyl groups excluding tert-OH is 1. The maximum absolute atomic E-state index is 14.2. The minimum absolute atomic E-state index is 0.321. The summed E-state index contributed by atoms with van der Waals surface area (Å²) in [5.74, 6) is -0.508. The van der Waals surface area contributed by atoms with Crippen molar-refractivity contribution in [2.24, 2.45) is 5.92 Å². The molecule has 1 saturated heterocycles. The molecule has 3 atom stereocenters. The van der Waals surface area contributed by atoms with Crippen LogP contribution in [0.2, 0.25) is 0 Å². The number of ether oxygens (including phenoxy) is 2. The second-order valence-electron chi connectivity index (χ2n) is 9.18. The molecule has 1 N–H and O–H groups in total. The summed E-state index contributed by atoms with van der Waals surface area (Å²) in [4.78, 5) is 30.2. The lowest BCUT2D eigenvalue weighted by Gasteiger charge is -2.33. The first-order valence-corrected chi connectivity index (χ1v) is 13.5. The van der Waals surface area contributed by atoms with Crippen LogP contribution in [0.3, 0.4) is 0 Å². The Morgan fingerprint density at radius 1 is 0.718 bits per heavy atom. The molecule has 1 fully saturated rings. The highest BCUT2D eigenvalue weighted by atomic mass is 32.2. The lowest BCUT2D eigenvalue weighted by molar-refractivity contribution is 0.0794. The number of ketones is 2. The number of carbonyl (C=O) groups is 2. The zero-order valence-electron chi connectivity index (χ0n) is 21.6. The van der Waals surface area contributed by atoms with Gasteiger partial charge in [-0.3, -0.25) is 9.59 Å². The van der Waals surface area contributed by atoms with Crippen molar-refractivity contribution in [1.82, 2.24) is 0 Å². The fourth-order valence-electron chi connectivity index (χ4n) is 4.86. The first kappa shape index (κ1) is 26.5. The van der Waals surface area contributed by atoms with Gasteiger partial charge in [-0.25, -0.2) is 0 Å². The molecule has 1 aliphatic heterocycles. The zero-order chi connectivity index (χ0) is 27.4. The fraction of sp³-hybridized carbons (Fsp3) is 0.188. The Morgan fingerprint density at radius 2 is 1.18 bits per heavy atom. The van der Waals surface area contributed by atoms with Crippen LogP contribution in [0.1, 0.15) is 31.5 Å². The van der Waals surface area contributed by atoms with Crippen LogP contribution in [0.15, 0.2) is 109 Å². The molecule has 0 bridgehead atoms. The second kappa shape index (κ2) is 11.8. The maximum atomic E-state index is 14.2. The Hall–Kier alpha value is -4.07. The van der Waals surface area contributed by atoms with E-state index in [1.165, 1.54) is 11.8 Å². The molecule has 0 aliphatic carbocycles. The summed E-state index contributed by atoms with van der Waals surface area (Å²) in [5.41, 5.74) is 2.45. The number of benzene rings is 4. The molecule has 6 nitrogen and oxygen atoms in total. The van der Waals surface area contributed by atoms with E-state index in [0.717, 1.165) is 11.3 Å². The highest BCUT2D eigenvalue weighted by molar-refractivity contribution is 8.00. The summed E-state index contributed by atoms with van der Waals surface area (Å²) in [6, 6.07) is 32.6. The van der Waals surface area contributed by atoms with Crippen molar-refractivity contribution < 1.29 is 24.2 Å². The molecule has 4 aromatic rings. The molecule has 0 spiro atoms. The molecule has 1 aliphatic rings. The second-order valence-corrected chi connectivity index (χ2v) is 10.4. The van der Waals surface area contributed by atoms with Gasteiger partial charge in [0.1, 0.15) is 23.6 Å². The molecular formula is C32H29NO5S. The van der Waals surface area contributed by atoms with E-state index in [9.17, 15) is 14.7 Å². The number of anilines is 1. The van der Waals surface area contributed by atoms with Gasteiger partial charge in [0.05, 0.1) is 24.8 Å². The van der Waals surface area contributed by atoms with Crippen LogP contribution in [0.5, 0.6) is 11.5 Å². The molecular weight excluding hydrogens is 510 g/mol. The van der Waals surface area contributed by atoms with E-state index in [0.29, 0.717) is 22.6 Å². The number of aliphatic hydroxyl groups is 1. The molecule has 1 heterocycles. The van der Waals surface area contributed by atoms with E-state index in [2.05, 4.69) is 0 Å². The van der Waals surface area contributed by atoms with Gasteiger partial charge in [0, 0.05) is 16.8 Å². The number of rotatable bonds is 9.